The van der Waals surface area contributed by atoms with E-state index in [1.54, 1.807) is 0 Å². The van der Waals surface area contributed by atoms with Crippen LogP contribution < -0.4 is 10.2 Å². The molecule has 1 fully saturated rings. The van der Waals surface area contributed by atoms with E-state index in [4.69, 9.17) is 0 Å². The lowest BCUT2D eigenvalue weighted by Crippen LogP contribution is -2.48. The number of aromatic nitrogens is 2. The molecule has 1 saturated heterocycles. The molecule has 1 aromatic rings. The van der Waals surface area contributed by atoms with Gasteiger partial charge in [-0.05, 0) is 6.92 Å². The zero-order valence-electron chi connectivity index (χ0n) is 10.8. The summed E-state index contributed by atoms with van der Waals surface area (Å²) in [6.07, 6.45) is 3.85. The topological polar surface area (TPSA) is 44.3 Å². The average molecular weight is 235 g/mol. The van der Waals surface area contributed by atoms with E-state index in [0.717, 1.165) is 32.1 Å². The van der Waals surface area contributed by atoms with Crippen molar-refractivity contribution in [1.82, 2.24) is 20.2 Å². The van der Waals surface area contributed by atoms with E-state index in [0.29, 0.717) is 6.04 Å². The predicted molar refractivity (Wildman–Crippen MR) is 69.1 cm³/mol. The van der Waals surface area contributed by atoms with Gasteiger partial charge in [-0.3, -0.25) is 4.90 Å². The highest BCUT2D eigenvalue weighted by molar-refractivity contribution is 5.26. The van der Waals surface area contributed by atoms with Gasteiger partial charge in [-0.15, -0.1) is 0 Å². The van der Waals surface area contributed by atoms with Gasteiger partial charge >= 0.3 is 0 Å². The van der Waals surface area contributed by atoms with Gasteiger partial charge in [0.15, 0.2) is 0 Å². The standard InChI is InChI=1S/C12H21N5/c1-10-8-17(5-4-13-10)9-11-6-14-12(15-7-11)16(2)3/h6-7,10,13H,4-5,8-9H2,1-3H3/t10-/m0/s1. The van der Waals surface area contributed by atoms with Crippen molar-refractivity contribution in [3.8, 4) is 0 Å². The summed E-state index contributed by atoms with van der Waals surface area (Å²) in [6.45, 7) is 6.42. The number of rotatable bonds is 3. The maximum Gasteiger partial charge on any atom is 0.224 e. The Bertz CT molecular complexity index is 348. The van der Waals surface area contributed by atoms with Gasteiger partial charge in [0, 0.05) is 64.3 Å². The molecule has 5 heteroatoms. The molecule has 1 aliphatic heterocycles. The summed E-state index contributed by atoms with van der Waals surface area (Å²) < 4.78 is 0. The van der Waals surface area contributed by atoms with Crippen LogP contribution in [-0.2, 0) is 6.54 Å². The maximum atomic E-state index is 4.34. The first kappa shape index (κ1) is 12.3. The number of hydrogen-bond acceptors (Lipinski definition) is 5. The van der Waals surface area contributed by atoms with E-state index in [9.17, 15) is 0 Å². The number of nitrogens with zero attached hydrogens (tertiary/aromatic N) is 4. The first-order valence-corrected chi connectivity index (χ1v) is 6.09. The second kappa shape index (κ2) is 5.42. The first-order chi connectivity index (χ1) is 8.15. The minimum atomic E-state index is 0.575. The van der Waals surface area contributed by atoms with E-state index in [1.165, 1.54) is 5.56 Å². The lowest BCUT2D eigenvalue weighted by Gasteiger charge is -2.31. The molecule has 2 heterocycles. The molecular formula is C12H21N5. The zero-order chi connectivity index (χ0) is 12.3. The second-order valence-corrected chi connectivity index (χ2v) is 4.88. The van der Waals surface area contributed by atoms with Crippen molar-refractivity contribution in [2.45, 2.75) is 19.5 Å². The summed E-state index contributed by atoms with van der Waals surface area (Å²) in [6, 6.07) is 0.575. The average Bonchev–Trinajstić information content (AvgIpc) is 2.29. The summed E-state index contributed by atoms with van der Waals surface area (Å²) in [5.41, 5.74) is 1.18. The van der Waals surface area contributed by atoms with Crippen LogP contribution in [0.3, 0.4) is 0 Å². The van der Waals surface area contributed by atoms with E-state index in [-0.39, 0.29) is 0 Å². The first-order valence-electron chi connectivity index (χ1n) is 6.09. The Hall–Kier alpha value is -1.20. The SMILES string of the molecule is C[C@H]1CN(Cc2cnc(N(C)C)nc2)CCN1. The summed E-state index contributed by atoms with van der Waals surface area (Å²) in [5, 5.41) is 3.44. The molecule has 1 aliphatic rings. The van der Waals surface area contributed by atoms with E-state index in [1.807, 2.05) is 31.4 Å². The van der Waals surface area contributed by atoms with Crippen LogP contribution in [0.1, 0.15) is 12.5 Å². The Kier molecular flexibility index (Phi) is 3.91. The smallest absolute Gasteiger partial charge is 0.224 e. The van der Waals surface area contributed by atoms with Gasteiger partial charge in [0.2, 0.25) is 5.95 Å². The summed E-state index contributed by atoms with van der Waals surface area (Å²) in [4.78, 5) is 13.0. The Morgan fingerprint density at radius 3 is 2.71 bits per heavy atom. The van der Waals surface area contributed by atoms with Gasteiger partial charge in [0.1, 0.15) is 0 Å². The second-order valence-electron chi connectivity index (χ2n) is 4.88. The fraction of sp³-hybridized carbons (Fsp3) is 0.667. The molecule has 2 rings (SSSR count). The summed E-state index contributed by atoms with van der Waals surface area (Å²) >= 11 is 0. The van der Waals surface area contributed by atoms with Crippen LogP contribution in [0.15, 0.2) is 12.4 Å². The number of nitrogens with one attached hydrogen (secondary N) is 1. The molecule has 94 valence electrons. The lowest BCUT2D eigenvalue weighted by molar-refractivity contribution is 0.199. The molecule has 0 bridgehead atoms. The lowest BCUT2D eigenvalue weighted by atomic mass is 10.2. The van der Waals surface area contributed by atoms with Crippen LogP contribution in [0, 0.1) is 0 Å². The predicted octanol–water partition coefficient (Wildman–Crippen LogP) is 0.336. The molecule has 17 heavy (non-hydrogen) atoms. The monoisotopic (exact) mass is 235 g/mol. The van der Waals surface area contributed by atoms with Crippen LogP contribution in [0.4, 0.5) is 5.95 Å². The third-order valence-electron chi connectivity index (χ3n) is 2.95. The molecular weight excluding hydrogens is 214 g/mol. The molecule has 0 saturated carbocycles. The highest BCUT2D eigenvalue weighted by Gasteiger charge is 2.15. The Labute approximate surface area is 103 Å². The Morgan fingerprint density at radius 1 is 1.41 bits per heavy atom. The summed E-state index contributed by atoms with van der Waals surface area (Å²) in [7, 11) is 3.90. The van der Waals surface area contributed by atoms with E-state index >= 15 is 0 Å². The van der Waals surface area contributed by atoms with Crippen LogP contribution in [-0.4, -0.2) is 54.6 Å². The van der Waals surface area contributed by atoms with Gasteiger partial charge in [-0.25, -0.2) is 9.97 Å². The molecule has 1 N–H and O–H groups in total. The van der Waals surface area contributed by atoms with Gasteiger partial charge in [0.05, 0.1) is 0 Å². The van der Waals surface area contributed by atoms with Crippen molar-refractivity contribution in [3.63, 3.8) is 0 Å². The van der Waals surface area contributed by atoms with Gasteiger partial charge in [-0.1, -0.05) is 0 Å². The Balaban J connectivity index is 1.94. The van der Waals surface area contributed by atoms with Crippen LogP contribution >= 0.6 is 0 Å². The zero-order valence-corrected chi connectivity index (χ0v) is 10.8. The molecule has 0 spiro atoms. The van der Waals surface area contributed by atoms with Crippen molar-refractivity contribution in [1.29, 1.82) is 0 Å². The quantitative estimate of drug-likeness (QED) is 0.818. The third kappa shape index (κ3) is 3.38. The fourth-order valence-corrected chi connectivity index (χ4v) is 2.07. The Morgan fingerprint density at radius 2 is 2.12 bits per heavy atom. The van der Waals surface area contributed by atoms with Crippen molar-refractivity contribution >= 4 is 5.95 Å². The van der Waals surface area contributed by atoms with Crippen LogP contribution in [0.25, 0.3) is 0 Å². The van der Waals surface area contributed by atoms with Crippen molar-refractivity contribution in [2.75, 3.05) is 38.6 Å². The number of hydrogen-bond donors (Lipinski definition) is 1. The number of anilines is 1. The van der Waals surface area contributed by atoms with Gasteiger partial charge in [-0.2, -0.15) is 0 Å². The van der Waals surface area contributed by atoms with Crippen LogP contribution in [0.2, 0.25) is 0 Å². The largest absolute Gasteiger partial charge is 0.347 e. The minimum Gasteiger partial charge on any atom is -0.347 e. The number of piperazine rings is 1. The highest BCUT2D eigenvalue weighted by Crippen LogP contribution is 2.08. The van der Waals surface area contributed by atoms with Crippen LogP contribution in [0.5, 0.6) is 0 Å². The van der Waals surface area contributed by atoms with E-state index in [2.05, 4.69) is 27.1 Å². The normalized spacial score (nSPS) is 21.5. The molecule has 0 aromatic carbocycles. The fourth-order valence-electron chi connectivity index (χ4n) is 2.07. The van der Waals surface area contributed by atoms with Crippen molar-refractivity contribution in [3.05, 3.63) is 18.0 Å². The third-order valence-corrected chi connectivity index (χ3v) is 2.95. The molecule has 1 atom stereocenters. The maximum absolute atomic E-state index is 4.34. The van der Waals surface area contributed by atoms with Crippen molar-refractivity contribution in [2.24, 2.45) is 0 Å². The molecule has 0 amide bonds. The summed E-state index contributed by atoms with van der Waals surface area (Å²) in [5.74, 6) is 0.766. The molecule has 5 nitrogen and oxygen atoms in total. The highest BCUT2D eigenvalue weighted by atomic mass is 15.2. The molecule has 0 aliphatic carbocycles. The minimum absolute atomic E-state index is 0.575. The van der Waals surface area contributed by atoms with Crippen molar-refractivity contribution < 1.29 is 0 Å². The molecule has 1 aromatic heterocycles. The van der Waals surface area contributed by atoms with E-state index < -0.39 is 0 Å². The molecule has 0 radical (unpaired) electrons. The van der Waals surface area contributed by atoms with Gasteiger partial charge in [0.25, 0.3) is 0 Å². The van der Waals surface area contributed by atoms with Gasteiger partial charge < -0.3 is 10.2 Å². The molecule has 0 unspecified atom stereocenters.